The number of nitrogens with zero attached hydrogens (tertiary/aromatic N) is 2. The van der Waals surface area contributed by atoms with Crippen LogP contribution in [-0.2, 0) is 0 Å². The highest BCUT2D eigenvalue weighted by Crippen LogP contribution is 2.28. The summed E-state index contributed by atoms with van der Waals surface area (Å²) < 4.78 is 2.12. The molecule has 140 valence electrons. The molecule has 1 heterocycles. The van der Waals surface area contributed by atoms with Crippen molar-refractivity contribution in [2.45, 2.75) is 20.8 Å². The molecule has 4 nitrogen and oxygen atoms in total. The van der Waals surface area contributed by atoms with Crippen LogP contribution in [0.3, 0.4) is 0 Å². The molecule has 2 aromatic carbocycles. The summed E-state index contributed by atoms with van der Waals surface area (Å²) in [5, 5.41) is 19.3. The largest absolute Gasteiger partial charge is 0.478 e. The van der Waals surface area contributed by atoms with Gasteiger partial charge in [0.25, 0.3) is 0 Å². The molecule has 0 unspecified atom stereocenters. The predicted molar refractivity (Wildman–Crippen MR) is 112 cm³/mol. The smallest absolute Gasteiger partial charge is 0.335 e. The maximum atomic E-state index is 11.0. The molecular formula is C23H19ClN2O2. The topological polar surface area (TPSA) is 66.0 Å². The summed E-state index contributed by atoms with van der Waals surface area (Å²) in [5.74, 6) is -0.991. The van der Waals surface area contributed by atoms with Crippen LogP contribution in [0.25, 0.3) is 17.3 Å². The summed E-state index contributed by atoms with van der Waals surface area (Å²) in [6.45, 7) is 6.05. The highest BCUT2D eigenvalue weighted by molar-refractivity contribution is 6.30. The number of hydrogen-bond acceptors (Lipinski definition) is 2. The number of aromatic carboxylic acids is 1. The Hall–Kier alpha value is -3.29. The minimum Gasteiger partial charge on any atom is -0.478 e. The van der Waals surface area contributed by atoms with Gasteiger partial charge in [-0.2, -0.15) is 5.26 Å². The Morgan fingerprint density at radius 2 is 1.71 bits per heavy atom. The average Bonchev–Trinajstić information content (AvgIpc) is 2.95. The van der Waals surface area contributed by atoms with Gasteiger partial charge in [0.1, 0.15) is 0 Å². The number of allylic oxidation sites excluding steroid dienone is 1. The number of aromatic nitrogens is 1. The summed E-state index contributed by atoms with van der Waals surface area (Å²) in [5.41, 5.74) is 6.41. The fourth-order valence-corrected chi connectivity index (χ4v) is 3.42. The Bertz CT molecular complexity index is 1130. The van der Waals surface area contributed by atoms with Crippen molar-refractivity contribution in [1.29, 1.82) is 5.26 Å². The van der Waals surface area contributed by atoms with Crippen LogP contribution in [0.4, 0.5) is 0 Å². The van der Waals surface area contributed by atoms with Crippen molar-refractivity contribution in [1.82, 2.24) is 4.57 Å². The Kier molecular flexibility index (Phi) is 5.39. The van der Waals surface area contributed by atoms with E-state index in [1.807, 2.05) is 51.1 Å². The molecule has 1 aromatic heterocycles. The molecule has 0 saturated carbocycles. The SMILES string of the molecule is Cc1ccc(Cl)cc1-n1c(C)cc(/C=C(/C#N)c2ccc(C(=O)O)cc2)c1C. The van der Waals surface area contributed by atoms with Gasteiger partial charge in [-0.25, -0.2) is 4.79 Å². The van der Waals surface area contributed by atoms with E-state index in [9.17, 15) is 10.1 Å². The second-order valence-electron chi connectivity index (χ2n) is 6.65. The van der Waals surface area contributed by atoms with E-state index in [-0.39, 0.29) is 5.56 Å². The number of carboxylic acids is 1. The number of rotatable bonds is 4. The van der Waals surface area contributed by atoms with Crippen LogP contribution in [0, 0.1) is 32.1 Å². The summed E-state index contributed by atoms with van der Waals surface area (Å²) in [6, 6.07) is 16.3. The standard InChI is InChI=1S/C23H19ClN2O2/c1-14-4-9-21(24)12-22(14)26-15(2)10-19(16(26)3)11-20(13-25)17-5-7-18(8-6-17)23(27)28/h4-12H,1-3H3,(H,27,28)/b20-11-. The van der Waals surface area contributed by atoms with Gasteiger partial charge in [0.05, 0.1) is 17.2 Å². The van der Waals surface area contributed by atoms with Gasteiger partial charge in [0.15, 0.2) is 0 Å². The van der Waals surface area contributed by atoms with Crippen LogP contribution in [0.5, 0.6) is 0 Å². The molecule has 0 amide bonds. The summed E-state index contributed by atoms with van der Waals surface area (Å²) >= 11 is 6.19. The van der Waals surface area contributed by atoms with E-state index >= 15 is 0 Å². The summed E-state index contributed by atoms with van der Waals surface area (Å²) in [7, 11) is 0. The third-order valence-corrected chi connectivity index (χ3v) is 4.98. The van der Waals surface area contributed by atoms with Crippen molar-refractivity contribution < 1.29 is 9.90 Å². The normalized spacial score (nSPS) is 11.3. The van der Waals surface area contributed by atoms with Crippen LogP contribution >= 0.6 is 11.6 Å². The highest BCUT2D eigenvalue weighted by Gasteiger charge is 2.13. The van der Waals surface area contributed by atoms with Gasteiger partial charge < -0.3 is 9.67 Å². The first-order valence-electron chi connectivity index (χ1n) is 8.73. The van der Waals surface area contributed by atoms with Crippen LogP contribution in [0.2, 0.25) is 5.02 Å². The number of carbonyl (C=O) groups is 1. The molecule has 0 saturated heterocycles. The zero-order chi connectivity index (χ0) is 20.4. The molecule has 0 atom stereocenters. The first-order valence-corrected chi connectivity index (χ1v) is 9.10. The Balaban J connectivity index is 2.08. The lowest BCUT2D eigenvalue weighted by Gasteiger charge is -2.13. The second-order valence-corrected chi connectivity index (χ2v) is 7.08. The third-order valence-electron chi connectivity index (χ3n) is 4.75. The van der Waals surface area contributed by atoms with Crippen LogP contribution < -0.4 is 0 Å². The van der Waals surface area contributed by atoms with E-state index in [1.165, 1.54) is 12.1 Å². The zero-order valence-corrected chi connectivity index (χ0v) is 16.6. The van der Waals surface area contributed by atoms with Crippen molar-refractivity contribution in [3.63, 3.8) is 0 Å². The minimum absolute atomic E-state index is 0.190. The summed E-state index contributed by atoms with van der Waals surface area (Å²) in [6.07, 6.45) is 1.83. The Morgan fingerprint density at radius 1 is 1.07 bits per heavy atom. The van der Waals surface area contributed by atoms with E-state index in [4.69, 9.17) is 16.7 Å². The molecule has 1 N–H and O–H groups in total. The Labute approximate surface area is 168 Å². The molecule has 3 rings (SSSR count). The van der Waals surface area contributed by atoms with Crippen LogP contribution in [0.15, 0.2) is 48.5 Å². The van der Waals surface area contributed by atoms with E-state index < -0.39 is 5.97 Å². The number of carboxylic acid groups (broad SMARTS) is 1. The zero-order valence-electron chi connectivity index (χ0n) is 15.8. The van der Waals surface area contributed by atoms with Crippen LogP contribution in [-0.4, -0.2) is 15.6 Å². The molecule has 0 aliphatic heterocycles. The molecule has 0 aliphatic carbocycles. The minimum atomic E-state index is -0.991. The van der Waals surface area contributed by atoms with E-state index in [1.54, 1.807) is 12.1 Å². The number of aryl methyl sites for hydroxylation is 2. The van der Waals surface area contributed by atoms with Gasteiger partial charge in [-0.15, -0.1) is 0 Å². The fourth-order valence-electron chi connectivity index (χ4n) is 3.26. The Morgan fingerprint density at radius 3 is 2.32 bits per heavy atom. The van der Waals surface area contributed by atoms with Crippen molar-refractivity contribution in [3.8, 4) is 11.8 Å². The third kappa shape index (κ3) is 3.71. The lowest BCUT2D eigenvalue weighted by Crippen LogP contribution is -2.01. The van der Waals surface area contributed by atoms with Crippen molar-refractivity contribution in [3.05, 3.63) is 87.2 Å². The van der Waals surface area contributed by atoms with Crippen LogP contribution in [0.1, 0.15) is 38.4 Å². The molecular weight excluding hydrogens is 372 g/mol. The number of hydrogen-bond donors (Lipinski definition) is 1. The number of benzene rings is 2. The van der Waals surface area contributed by atoms with Crippen molar-refractivity contribution >= 4 is 29.2 Å². The molecule has 0 spiro atoms. The molecule has 5 heteroatoms. The highest BCUT2D eigenvalue weighted by atomic mass is 35.5. The molecule has 0 radical (unpaired) electrons. The quantitative estimate of drug-likeness (QED) is 0.571. The van der Waals surface area contributed by atoms with E-state index in [0.29, 0.717) is 16.2 Å². The molecule has 0 aliphatic rings. The van der Waals surface area contributed by atoms with Gasteiger partial charge in [0, 0.05) is 22.1 Å². The number of halogens is 1. The average molecular weight is 391 g/mol. The van der Waals surface area contributed by atoms with Crippen molar-refractivity contribution in [2.75, 3.05) is 0 Å². The lowest BCUT2D eigenvalue weighted by atomic mass is 10.0. The molecule has 0 fully saturated rings. The van der Waals surface area contributed by atoms with E-state index in [0.717, 1.165) is 28.2 Å². The maximum Gasteiger partial charge on any atom is 0.335 e. The van der Waals surface area contributed by atoms with E-state index in [2.05, 4.69) is 10.6 Å². The second kappa shape index (κ2) is 7.75. The van der Waals surface area contributed by atoms with Gasteiger partial charge >= 0.3 is 5.97 Å². The molecule has 3 aromatic rings. The lowest BCUT2D eigenvalue weighted by molar-refractivity contribution is 0.0697. The van der Waals surface area contributed by atoms with Crippen molar-refractivity contribution in [2.24, 2.45) is 0 Å². The first-order chi connectivity index (χ1) is 13.3. The predicted octanol–water partition coefficient (Wildman–Crippen LogP) is 5.82. The van der Waals surface area contributed by atoms with Gasteiger partial charge in [-0.1, -0.05) is 29.8 Å². The maximum absolute atomic E-state index is 11.0. The molecule has 0 bridgehead atoms. The van der Waals surface area contributed by atoms with Gasteiger partial charge in [-0.05, 0) is 73.9 Å². The monoisotopic (exact) mass is 390 g/mol. The first kappa shape index (κ1) is 19.5. The van der Waals surface area contributed by atoms with Gasteiger partial charge in [0.2, 0.25) is 0 Å². The number of nitriles is 1. The van der Waals surface area contributed by atoms with Gasteiger partial charge in [-0.3, -0.25) is 0 Å². The fraction of sp³-hybridized carbons (Fsp3) is 0.130. The molecule has 28 heavy (non-hydrogen) atoms. The summed E-state index contributed by atoms with van der Waals surface area (Å²) in [4.78, 5) is 11.0.